The molecular weight excluding hydrogens is 488 g/mol. The van der Waals surface area contributed by atoms with E-state index in [0.717, 1.165) is 4.47 Å². The van der Waals surface area contributed by atoms with Crippen molar-refractivity contribution in [2.45, 2.75) is 6.61 Å². The second-order valence-electron chi connectivity index (χ2n) is 6.84. The van der Waals surface area contributed by atoms with E-state index in [9.17, 15) is 14.9 Å². The van der Waals surface area contributed by atoms with Gasteiger partial charge in [0.2, 0.25) is 0 Å². The summed E-state index contributed by atoms with van der Waals surface area (Å²) in [5.41, 5.74) is 1.94. The largest absolute Gasteiger partial charge is 0.493 e. The summed E-state index contributed by atoms with van der Waals surface area (Å²) in [5, 5.41) is 21.2. The maximum absolute atomic E-state index is 12.5. The van der Waals surface area contributed by atoms with Crippen molar-refractivity contribution in [2.75, 3.05) is 12.4 Å². The zero-order chi connectivity index (χ0) is 23.8. The predicted molar refractivity (Wildman–Crippen MR) is 127 cm³/mol. The van der Waals surface area contributed by atoms with E-state index in [4.69, 9.17) is 14.6 Å². The molecule has 0 bridgehead atoms. The number of anilines is 1. The van der Waals surface area contributed by atoms with Crippen molar-refractivity contribution in [1.82, 2.24) is 0 Å². The van der Waals surface area contributed by atoms with Gasteiger partial charge in [-0.05, 0) is 65.7 Å². The lowest BCUT2D eigenvalue weighted by molar-refractivity contribution is -0.112. The summed E-state index contributed by atoms with van der Waals surface area (Å²) in [7, 11) is 1.48. The number of hydrogen-bond donors (Lipinski definition) is 2. The molecule has 0 fully saturated rings. The van der Waals surface area contributed by atoms with Crippen LogP contribution in [0.3, 0.4) is 0 Å². The molecule has 0 radical (unpaired) electrons. The maximum Gasteiger partial charge on any atom is 0.335 e. The second kappa shape index (κ2) is 11.0. The van der Waals surface area contributed by atoms with Crippen molar-refractivity contribution in [3.8, 4) is 17.6 Å². The van der Waals surface area contributed by atoms with Crippen LogP contribution in [-0.2, 0) is 11.4 Å². The lowest BCUT2D eigenvalue weighted by atomic mass is 10.1. The molecule has 7 nitrogen and oxygen atoms in total. The topological polar surface area (TPSA) is 109 Å². The van der Waals surface area contributed by atoms with E-state index in [2.05, 4.69) is 21.2 Å². The number of hydrogen-bond acceptors (Lipinski definition) is 5. The maximum atomic E-state index is 12.5. The predicted octanol–water partition coefficient (Wildman–Crippen LogP) is 5.28. The fourth-order valence-electron chi connectivity index (χ4n) is 2.90. The monoisotopic (exact) mass is 506 g/mol. The molecule has 2 N–H and O–H groups in total. The van der Waals surface area contributed by atoms with Crippen molar-refractivity contribution in [3.63, 3.8) is 0 Å². The van der Waals surface area contributed by atoms with Crippen LogP contribution >= 0.6 is 15.9 Å². The Kier molecular flexibility index (Phi) is 7.84. The molecule has 0 aromatic heterocycles. The third-order valence-electron chi connectivity index (χ3n) is 4.53. The Morgan fingerprint density at radius 3 is 2.52 bits per heavy atom. The summed E-state index contributed by atoms with van der Waals surface area (Å²) in [6.07, 6.45) is 1.46. The van der Waals surface area contributed by atoms with Crippen LogP contribution < -0.4 is 14.8 Å². The Bertz CT molecular complexity index is 1250. The molecular formula is C25H19BrN2O5. The van der Waals surface area contributed by atoms with Crippen LogP contribution in [0.5, 0.6) is 11.5 Å². The number of carbonyl (C=O) groups is 2. The fraction of sp³-hybridized carbons (Fsp3) is 0.0800. The van der Waals surface area contributed by atoms with Crippen LogP contribution in [-0.4, -0.2) is 24.1 Å². The van der Waals surface area contributed by atoms with E-state index in [0.29, 0.717) is 28.3 Å². The van der Waals surface area contributed by atoms with Gasteiger partial charge in [0.25, 0.3) is 5.91 Å². The highest BCUT2D eigenvalue weighted by Crippen LogP contribution is 2.30. The third-order valence-corrected chi connectivity index (χ3v) is 5.06. The quantitative estimate of drug-likeness (QED) is 0.317. The number of carboxylic acid groups (broad SMARTS) is 1. The number of nitrogens with zero attached hydrogens (tertiary/aromatic N) is 1. The van der Waals surface area contributed by atoms with Gasteiger partial charge in [0.05, 0.1) is 12.7 Å². The van der Waals surface area contributed by atoms with Crippen molar-refractivity contribution < 1.29 is 24.2 Å². The number of halogens is 1. The van der Waals surface area contributed by atoms with Crippen LogP contribution in [0.1, 0.15) is 21.5 Å². The van der Waals surface area contributed by atoms with Crippen molar-refractivity contribution in [1.29, 1.82) is 5.26 Å². The summed E-state index contributed by atoms with van der Waals surface area (Å²) < 4.78 is 12.0. The third kappa shape index (κ3) is 6.45. The highest BCUT2D eigenvalue weighted by molar-refractivity contribution is 9.10. The zero-order valence-corrected chi connectivity index (χ0v) is 19.1. The SMILES string of the molecule is COc1cc(/C=C(/C#N)C(=O)Nc2ccc(Br)cc2)ccc1OCc1cccc(C(=O)O)c1. The van der Waals surface area contributed by atoms with Crippen LogP contribution in [0.4, 0.5) is 5.69 Å². The van der Waals surface area contributed by atoms with E-state index >= 15 is 0 Å². The first kappa shape index (κ1) is 23.6. The van der Waals surface area contributed by atoms with Gasteiger partial charge in [-0.15, -0.1) is 0 Å². The molecule has 0 saturated heterocycles. The molecule has 0 unspecified atom stereocenters. The van der Waals surface area contributed by atoms with Gasteiger partial charge in [0.15, 0.2) is 11.5 Å². The molecule has 1 amide bonds. The molecule has 33 heavy (non-hydrogen) atoms. The number of benzene rings is 3. The van der Waals surface area contributed by atoms with E-state index in [1.54, 1.807) is 54.6 Å². The van der Waals surface area contributed by atoms with E-state index in [1.807, 2.05) is 6.07 Å². The Morgan fingerprint density at radius 2 is 1.85 bits per heavy atom. The highest BCUT2D eigenvalue weighted by Gasteiger charge is 2.12. The normalized spacial score (nSPS) is 10.8. The summed E-state index contributed by atoms with van der Waals surface area (Å²) in [5.74, 6) is -0.697. The van der Waals surface area contributed by atoms with Gasteiger partial charge in [-0.3, -0.25) is 4.79 Å². The Morgan fingerprint density at radius 1 is 1.09 bits per heavy atom. The molecule has 3 rings (SSSR count). The van der Waals surface area contributed by atoms with Gasteiger partial charge in [-0.2, -0.15) is 5.26 Å². The molecule has 0 aliphatic carbocycles. The summed E-state index contributed by atoms with van der Waals surface area (Å²) >= 11 is 3.33. The second-order valence-corrected chi connectivity index (χ2v) is 7.75. The van der Waals surface area contributed by atoms with E-state index in [1.165, 1.54) is 25.3 Å². The van der Waals surface area contributed by atoms with Crippen molar-refractivity contribution >= 4 is 39.6 Å². The number of ether oxygens (including phenoxy) is 2. The van der Waals surface area contributed by atoms with Crippen LogP contribution in [0.15, 0.2) is 76.8 Å². The number of nitrogens with one attached hydrogen (secondary N) is 1. The molecule has 0 atom stereocenters. The molecule has 3 aromatic rings. The molecule has 0 heterocycles. The Hall–Kier alpha value is -4.09. The van der Waals surface area contributed by atoms with Gasteiger partial charge in [-0.25, -0.2) is 4.79 Å². The summed E-state index contributed by atoms with van der Waals surface area (Å²) in [6.45, 7) is 0.145. The average Bonchev–Trinajstić information content (AvgIpc) is 2.83. The van der Waals surface area contributed by atoms with Gasteiger partial charge in [-0.1, -0.05) is 34.1 Å². The first-order valence-corrected chi connectivity index (χ1v) is 10.5. The first-order chi connectivity index (χ1) is 15.9. The summed E-state index contributed by atoms with van der Waals surface area (Å²) in [4.78, 5) is 23.6. The molecule has 166 valence electrons. The molecule has 8 heteroatoms. The van der Waals surface area contributed by atoms with E-state index in [-0.39, 0.29) is 17.7 Å². The molecule has 0 aliphatic heterocycles. The number of amides is 1. The van der Waals surface area contributed by atoms with Crippen molar-refractivity contribution in [3.05, 3.63) is 93.5 Å². The van der Waals surface area contributed by atoms with E-state index < -0.39 is 11.9 Å². The minimum atomic E-state index is -1.01. The molecule has 0 aliphatic rings. The van der Waals surface area contributed by atoms with Gasteiger partial charge in [0, 0.05) is 10.2 Å². The van der Waals surface area contributed by atoms with Gasteiger partial charge >= 0.3 is 5.97 Å². The molecule has 0 saturated carbocycles. The minimum absolute atomic E-state index is 0.0703. The minimum Gasteiger partial charge on any atom is -0.493 e. The lowest BCUT2D eigenvalue weighted by Crippen LogP contribution is -2.13. The van der Waals surface area contributed by atoms with Crippen LogP contribution in [0, 0.1) is 11.3 Å². The van der Waals surface area contributed by atoms with Crippen molar-refractivity contribution in [2.24, 2.45) is 0 Å². The van der Waals surface area contributed by atoms with Crippen LogP contribution in [0.25, 0.3) is 6.08 Å². The number of rotatable bonds is 8. The average molecular weight is 507 g/mol. The molecule has 0 spiro atoms. The van der Waals surface area contributed by atoms with Gasteiger partial charge in [0.1, 0.15) is 18.2 Å². The van der Waals surface area contributed by atoms with Crippen LogP contribution in [0.2, 0.25) is 0 Å². The molecule has 3 aromatic carbocycles. The highest BCUT2D eigenvalue weighted by atomic mass is 79.9. The number of nitriles is 1. The number of carboxylic acids is 1. The number of methoxy groups -OCH3 is 1. The first-order valence-electron chi connectivity index (χ1n) is 9.71. The standard InChI is InChI=1S/C25H19BrN2O5/c1-32-23-13-16(11-19(14-27)24(29)28-21-8-6-20(26)7-9-21)5-10-22(23)33-15-17-3-2-4-18(12-17)25(30)31/h2-13H,15H2,1H3,(H,28,29)(H,30,31)/b19-11-. The number of aromatic carboxylic acids is 1. The summed E-state index contributed by atoms with van der Waals surface area (Å²) in [6, 6.07) is 20.4. The Balaban J connectivity index is 1.74. The lowest BCUT2D eigenvalue weighted by Gasteiger charge is -2.12. The number of carbonyl (C=O) groups excluding carboxylic acids is 1. The fourth-order valence-corrected chi connectivity index (χ4v) is 3.16. The Labute approximate surface area is 199 Å². The zero-order valence-electron chi connectivity index (χ0n) is 17.5. The smallest absolute Gasteiger partial charge is 0.335 e. The van der Waals surface area contributed by atoms with Gasteiger partial charge < -0.3 is 19.9 Å².